The largest absolute Gasteiger partial charge is 0.270 e. The second kappa shape index (κ2) is 4.80. The molecule has 0 radical (unpaired) electrons. The van der Waals surface area contributed by atoms with Gasteiger partial charge in [0.1, 0.15) is 0 Å². The number of hydrazine groups is 3. The molecule has 0 bridgehead atoms. The van der Waals surface area contributed by atoms with Crippen molar-refractivity contribution in [3.8, 4) is 0 Å². The number of hydrogen-bond donors (Lipinski definition) is 5. The lowest BCUT2D eigenvalue weighted by Crippen LogP contribution is -2.45. The predicted octanol–water partition coefficient (Wildman–Crippen LogP) is -2.62. The maximum atomic E-state index is 4.81. The molecule has 0 saturated heterocycles. The van der Waals surface area contributed by atoms with E-state index in [0.717, 1.165) is 0 Å². The molecule has 6 heavy (non-hydrogen) atoms. The molecule has 0 aromatic heterocycles. The highest BCUT2D eigenvalue weighted by atomic mass is 15.5. The Kier molecular flexibility index (Phi) is 4.64. The zero-order valence-electron chi connectivity index (χ0n) is 3.36. The lowest BCUT2D eigenvalue weighted by Gasteiger charge is -1.96. The molecule has 5 nitrogen and oxygen atoms in total. The van der Waals surface area contributed by atoms with Crippen molar-refractivity contribution < 1.29 is 0 Å². The minimum atomic E-state index is 0.455. The van der Waals surface area contributed by atoms with E-state index < -0.39 is 0 Å². The van der Waals surface area contributed by atoms with Gasteiger partial charge in [0.05, 0.1) is 6.67 Å². The first-order chi connectivity index (χ1) is 2.91. The van der Waals surface area contributed by atoms with Gasteiger partial charge in [-0.3, -0.25) is 11.7 Å². The third-order valence-electron chi connectivity index (χ3n) is 0.293. The molecule has 0 spiro atoms. The summed E-state index contributed by atoms with van der Waals surface area (Å²) in [6.07, 6.45) is 0. The molecule has 0 aromatic carbocycles. The van der Waals surface area contributed by atoms with Crippen LogP contribution in [0.5, 0.6) is 0 Å². The smallest absolute Gasteiger partial charge is 0.0731 e. The summed E-state index contributed by atoms with van der Waals surface area (Å²) in [5.74, 6) is 9.56. The van der Waals surface area contributed by atoms with Crippen LogP contribution in [0.4, 0.5) is 0 Å². The van der Waals surface area contributed by atoms with Crippen molar-refractivity contribution >= 4 is 0 Å². The average Bonchev–Trinajstić information content (AvgIpc) is 1.61. The van der Waals surface area contributed by atoms with Gasteiger partial charge in [0.25, 0.3) is 0 Å². The van der Waals surface area contributed by atoms with E-state index in [0.29, 0.717) is 6.67 Å². The summed E-state index contributed by atoms with van der Waals surface area (Å²) in [6, 6.07) is 0. The molecule has 0 aliphatic rings. The molecule has 0 heterocycles. The van der Waals surface area contributed by atoms with Crippen LogP contribution in [-0.4, -0.2) is 6.67 Å². The standard InChI is InChI=1S/CH9N5/c2-4-1-5-6-3/h4-6H,1-3H2. The molecule has 0 amide bonds. The summed E-state index contributed by atoms with van der Waals surface area (Å²) in [5, 5.41) is 0. The maximum absolute atomic E-state index is 4.81. The Hall–Kier alpha value is -0.200. The Morgan fingerprint density at radius 2 is 2.00 bits per heavy atom. The topological polar surface area (TPSA) is 88.1 Å². The third kappa shape index (κ3) is 3.80. The van der Waals surface area contributed by atoms with Gasteiger partial charge in [0.15, 0.2) is 0 Å². The third-order valence-corrected chi connectivity index (χ3v) is 0.293. The first-order valence-corrected chi connectivity index (χ1v) is 1.53. The number of nitrogens with one attached hydrogen (secondary N) is 3. The SMILES string of the molecule is NNCNNN. The van der Waals surface area contributed by atoms with Crippen molar-refractivity contribution in [3.63, 3.8) is 0 Å². The fraction of sp³-hybridized carbons (Fsp3) is 1.00. The van der Waals surface area contributed by atoms with Crippen molar-refractivity contribution in [2.75, 3.05) is 6.67 Å². The molecule has 5 heteroatoms. The van der Waals surface area contributed by atoms with Gasteiger partial charge in [-0.25, -0.2) is 10.9 Å². The molecule has 0 saturated carbocycles. The van der Waals surface area contributed by atoms with Crippen LogP contribution in [0.15, 0.2) is 0 Å². The second-order valence-corrected chi connectivity index (χ2v) is 0.702. The van der Waals surface area contributed by atoms with E-state index in [1.165, 1.54) is 0 Å². The van der Waals surface area contributed by atoms with Crippen LogP contribution in [-0.2, 0) is 0 Å². The zero-order chi connectivity index (χ0) is 4.83. The van der Waals surface area contributed by atoms with E-state index in [1.54, 1.807) is 0 Å². The Morgan fingerprint density at radius 3 is 2.17 bits per heavy atom. The minimum Gasteiger partial charge on any atom is -0.270 e. The molecule has 7 N–H and O–H groups in total. The molecule has 0 aliphatic heterocycles. The average molecular weight is 91.1 g/mol. The van der Waals surface area contributed by atoms with E-state index in [4.69, 9.17) is 11.7 Å². The lowest BCUT2D eigenvalue weighted by molar-refractivity contribution is 0.509. The number of nitrogens with two attached hydrogens (primary N) is 2. The maximum Gasteiger partial charge on any atom is 0.0731 e. The molecule has 0 rings (SSSR count). The minimum absolute atomic E-state index is 0.455. The van der Waals surface area contributed by atoms with Gasteiger partial charge in [-0.2, -0.15) is 5.53 Å². The number of hydrogen-bond acceptors (Lipinski definition) is 5. The second-order valence-electron chi connectivity index (χ2n) is 0.702. The van der Waals surface area contributed by atoms with Crippen LogP contribution >= 0.6 is 0 Å². The van der Waals surface area contributed by atoms with E-state index in [-0.39, 0.29) is 0 Å². The highest BCUT2D eigenvalue weighted by Crippen LogP contribution is 1.24. The van der Waals surface area contributed by atoms with Gasteiger partial charge < -0.3 is 0 Å². The van der Waals surface area contributed by atoms with Gasteiger partial charge in [-0.1, -0.05) is 0 Å². The zero-order valence-corrected chi connectivity index (χ0v) is 3.36. The Labute approximate surface area is 36.0 Å². The Morgan fingerprint density at radius 1 is 1.33 bits per heavy atom. The summed E-state index contributed by atoms with van der Waals surface area (Å²) in [7, 11) is 0. The van der Waals surface area contributed by atoms with Crippen molar-refractivity contribution in [2.24, 2.45) is 11.7 Å². The molecule has 38 valence electrons. The molecule has 0 fully saturated rings. The van der Waals surface area contributed by atoms with Gasteiger partial charge in [0, 0.05) is 0 Å². The molecular formula is CH9N5. The summed E-state index contributed by atoms with van der Waals surface area (Å²) >= 11 is 0. The van der Waals surface area contributed by atoms with Crippen molar-refractivity contribution in [1.29, 1.82) is 0 Å². The van der Waals surface area contributed by atoms with E-state index >= 15 is 0 Å². The Bertz CT molecular complexity index is 15.9. The molecule has 0 aromatic rings. The highest BCUT2D eigenvalue weighted by Gasteiger charge is 1.67. The van der Waals surface area contributed by atoms with Crippen molar-refractivity contribution in [1.82, 2.24) is 16.4 Å². The van der Waals surface area contributed by atoms with Crippen LogP contribution in [0.25, 0.3) is 0 Å². The van der Waals surface area contributed by atoms with Crippen LogP contribution in [0.2, 0.25) is 0 Å². The Balaban J connectivity index is 2.34. The summed E-state index contributed by atoms with van der Waals surface area (Å²) in [4.78, 5) is 0. The van der Waals surface area contributed by atoms with Gasteiger partial charge in [-0.05, 0) is 0 Å². The van der Waals surface area contributed by atoms with Gasteiger partial charge >= 0.3 is 0 Å². The van der Waals surface area contributed by atoms with Crippen molar-refractivity contribution in [3.05, 3.63) is 0 Å². The quantitative estimate of drug-likeness (QED) is 0.113. The first kappa shape index (κ1) is 5.80. The molecule has 0 atom stereocenters. The summed E-state index contributed by atoms with van der Waals surface area (Å²) in [6.45, 7) is 0.455. The fourth-order valence-corrected chi connectivity index (χ4v) is 0.102. The first-order valence-electron chi connectivity index (χ1n) is 1.53. The highest BCUT2D eigenvalue weighted by molar-refractivity contribution is 4.18. The van der Waals surface area contributed by atoms with Crippen molar-refractivity contribution in [2.45, 2.75) is 0 Å². The van der Waals surface area contributed by atoms with Crippen LogP contribution < -0.4 is 28.1 Å². The van der Waals surface area contributed by atoms with E-state index in [1.807, 2.05) is 0 Å². The lowest BCUT2D eigenvalue weighted by atomic mass is 11.2. The van der Waals surface area contributed by atoms with Gasteiger partial charge in [-0.15, -0.1) is 0 Å². The molecule has 0 aliphatic carbocycles. The molecular weight excluding hydrogens is 82.0 g/mol. The summed E-state index contributed by atoms with van der Waals surface area (Å²) < 4.78 is 0. The normalized spacial score (nSPS) is 9.00. The van der Waals surface area contributed by atoms with Crippen LogP contribution in [0.3, 0.4) is 0 Å². The predicted molar refractivity (Wildman–Crippen MR) is 22.6 cm³/mol. The van der Waals surface area contributed by atoms with Crippen LogP contribution in [0.1, 0.15) is 0 Å². The fourth-order valence-electron chi connectivity index (χ4n) is 0.102. The molecule has 0 unspecified atom stereocenters. The van der Waals surface area contributed by atoms with E-state index in [2.05, 4.69) is 16.4 Å². The summed E-state index contributed by atoms with van der Waals surface area (Å²) in [5.41, 5.74) is 6.98. The monoisotopic (exact) mass is 91.1 g/mol. The van der Waals surface area contributed by atoms with Crippen LogP contribution in [0, 0.1) is 0 Å². The van der Waals surface area contributed by atoms with Gasteiger partial charge in [0.2, 0.25) is 0 Å². The number of rotatable bonds is 3. The van der Waals surface area contributed by atoms with E-state index in [9.17, 15) is 0 Å².